The van der Waals surface area contributed by atoms with Crippen LogP contribution in [-0.2, 0) is 4.74 Å². The van der Waals surface area contributed by atoms with Gasteiger partial charge in [0.05, 0.1) is 5.60 Å². The fourth-order valence-electron chi connectivity index (χ4n) is 4.02. The summed E-state index contributed by atoms with van der Waals surface area (Å²) in [6.45, 7) is 4.93. The highest BCUT2D eigenvalue weighted by Crippen LogP contribution is 2.43. The zero-order valence-electron chi connectivity index (χ0n) is 15.4. The van der Waals surface area contributed by atoms with Crippen LogP contribution in [-0.4, -0.2) is 28.7 Å². The first-order valence-electron chi connectivity index (χ1n) is 9.05. The Hall–Kier alpha value is -1.76. The topological polar surface area (TPSA) is 36.9 Å². The lowest BCUT2D eigenvalue weighted by atomic mass is 9.79. The normalized spacial score (nSPS) is 24.2. The van der Waals surface area contributed by atoms with Crippen LogP contribution in [0.1, 0.15) is 26.7 Å². The van der Waals surface area contributed by atoms with Crippen LogP contribution in [0.5, 0.6) is 0 Å². The largest absolute Gasteiger partial charge is 0.375 e. The minimum absolute atomic E-state index is 0.259. The number of nitrogens with zero attached hydrogens (tertiary/aromatic N) is 2. The molecule has 0 aliphatic carbocycles. The molecule has 1 N–H and O–H groups in total. The highest BCUT2D eigenvalue weighted by atomic mass is 79.9. The molecule has 2 heterocycles. The summed E-state index contributed by atoms with van der Waals surface area (Å²) in [5.74, 6) is 0.901. The molecule has 2 aliphatic rings. The Balaban J connectivity index is 1.77. The molecule has 0 aromatic heterocycles. The lowest BCUT2D eigenvalue weighted by Gasteiger charge is -2.48. The molecular formula is C21H22BrN3OS. The molecule has 2 aromatic rings. The van der Waals surface area contributed by atoms with Gasteiger partial charge >= 0.3 is 0 Å². The molecule has 1 atom stereocenters. The lowest BCUT2D eigenvalue weighted by molar-refractivity contribution is -0.0661. The quantitative estimate of drug-likeness (QED) is 0.630. The van der Waals surface area contributed by atoms with Gasteiger partial charge in [0, 0.05) is 35.3 Å². The molecule has 2 aromatic carbocycles. The van der Waals surface area contributed by atoms with Crippen LogP contribution < -0.4 is 10.2 Å². The number of benzene rings is 2. The van der Waals surface area contributed by atoms with Crippen molar-refractivity contribution < 1.29 is 4.74 Å². The van der Waals surface area contributed by atoms with Crippen LogP contribution in [0.15, 0.2) is 64.1 Å². The smallest absolute Gasteiger partial charge is 0.202 e. The van der Waals surface area contributed by atoms with Gasteiger partial charge in [0.15, 0.2) is 0 Å². The first-order valence-corrected chi connectivity index (χ1v) is 10.2. The van der Waals surface area contributed by atoms with Crippen LogP contribution in [0.4, 0.5) is 11.4 Å². The van der Waals surface area contributed by atoms with E-state index in [1.165, 1.54) is 0 Å². The minimum Gasteiger partial charge on any atom is -0.375 e. The number of thiocarbonyl (C=S) groups is 1. The number of hydrogen-bond donors (Lipinski definition) is 1. The van der Waals surface area contributed by atoms with Crippen molar-refractivity contribution in [1.82, 2.24) is 0 Å². The molecule has 1 saturated heterocycles. The van der Waals surface area contributed by atoms with Crippen molar-refractivity contribution in [3.8, 4) is 0 Å². The first-order chi connectivity index (χ1) is 12.9. The number of halogens is 1. The SMILES string of the molecule is CC1(C)C[C@@]2(CCO1)C(Nc1ccccc1)=NC(=S)N2c1ccc(Br)cc1. The predicted molar refractivity (Wildman–Crippen MR) is 119 cm³/mol. The number of amidine groups is 1. The zero-order chi connectivity index (χ0) is 19.1. The van der Waals surface area contributed by atoms with Crippen molar-refractivity contribution in [2.75, 3.05) is 16.8 Å². The molecule has 1 fully saturated rings. The van der Waals surface area contributed by atoms with E-state index in [9.17, 15) is 0 Å². The molecule has 4 nitrogen and oxygen atoms in total. The van der Waals surface area contributed by atoms with E-state index in [0.717, 1.165) is 34.5 Å². The van der Waals surface area contributed by atoms with Crippen LogP contribution in [0.2, 0.25) is 0 Å². The van der Waals surface area contributed by atoms with E-state index >= 15 is 0 Å². The summed E-state index contributed by atoms with van der Waals surface area (Å²) in [4.78, 5) is 7.00. The third-order valence-corrected chi connectivity index (χ3v) is 5.92. The zero-order valence-corrected chi connectivity index (χ0v) is 17.8. The van der Waals surface area contributed by atoms with Crippen molar-refractivity contribution in [3.05, 3.63) is 59.1 Å². The fourth-order valence-corrected chi connectivity index (χ4v) is 4.66. The average molecular weight is 444 g/mol. The Bertz CT molecular complexity index is 882. The Morgan fingerprint density at radius 2 is 1.81 bits per heavy atom. The number of para-hydroxylation sites is 1. The van der Waals surface area contributed by atoms with E-state index in [-0.39, 0.29) is 11.1 Å². The number of rotatable bonds is 2. The standard InChI is InChI=1S/C21H22BrN3OS/c1-20(2)14-21(12-13-26-20)18(23-16-6-4-3-5-7-16)24-19(27)25(21)17-10-8-15(22)9-11-17/h3-11H,12-14H2,1-2H3,(H,23,24,27)/t21-/m0/s1. The van der Waals surface area contributed by atoms with E-state index in [2.05, 4.69) is 52.1 Å². The van der Waals surface area contributed by atoms with E-state index in [0.29, 0.717) is 11.7 Å². The van der Waals surface area contributed by atoms with Crippen LogP contribution >= 0.6 is 28.1 Å². The molecule has 6 heteroatoms. The van der Waals surface area contributed by atoms with E-state index < -0.39 is 0 Å². The maximum Gasteiger partial charge on any atom is 0.202 e. The summed E-state index contributed by atoms with van der Waals surface area (Å²) in [6.07, 6.45) is 1.63. The Morgan fingerprint density at radius 1 is 1.11 bits per heavy atom. The summed E-state index contributed by atoms with van der Waals surface area (Å²) in [5.41, 5.74) is 1.46. The molecule has 1 spiro atoms. The summed E-state index contributed by atoms with van der Waals surface area (Å²) >= 11 is 9.24. The van der Waals surface area contributed by atoms with Crippen LogP contribution in [0, 0.1) is 0 Å². The molecule has 0 bridgehead atoms. The highest BCUT2D eigenvalue weighted by Gasteiger charge is 2.53. The Morgan fingerprint density at radius 3 is 2.48 bits per heavy atom. The molecule has 4 rings (SSSR count). The molecule has 0 radical (unpaired) electrons. The van der Waals surface area contributed by atoms with E-state index in [4.69, 9.17) is 21.9 Å². The van der Waals surface area contributed by atoms with E-state index in [1.54, 1.807) is 0 Å². The Kier molecular flexibility index (Phi) is 4.82. The van der Waals surface area contributed by atoms with Gasteiger partial charge in [0.2, 0.25) is 5.11 Å². The van der Waals surface area contributed by atoms with Gasteiger partial charge in [-0.25, -0.2) is 4.99 Å². The summed E-state index contributed by atoms with van der Waals surface area (Å²) in [6, 6.07) is 18.4. The van der Waals surface area contributed by atoms with Crippen LogP contribution in [0.25, 0.3) is 0 Å². The van der Waals surface area contributed by atoms with Crippen molar-refractivity contribution in [3.63, 3.8) is 0 Å². The van der Waals surface area contributed by atoms with Gasteiger partial charge in [-0.15, -0.1) is 0 Å². The van der Waals surface area contributed by atoms with E-state index in [1.807, 2.05) is 42.5 Å². The molecule has 0 amide bonds. The number of anilines is 2. The van der Waals surface area contributed by atoms with Gasteiger partial charge < -0.3 is 15.0 Å². The maximum absolute atomic E-state index is 6.03. The van der Waals surface area contributed by atoms with Crippen molar-refractivity contribution >= 4 is 50.5 Å². The molecule has 140 valence electrons. The summed E-state index contributed by atoms with van der Waals surface area (Å²) < 4.78 is 7.07. The highest BCUT2D eigenvalue weighted by molar-refractivity contribution is 9.10. The Labute approximate surface area is 173 Å². The minimum atomic E-state index is -0.345. The summed E-state index contributed by atoms with van der Waals surface area (Å²) in [7, 11) is 0. The second-order valence-corrected chi connectivity index (χ2v) is 8.89. The molecule has 0 saturated carbocycles. The third kappa shape index (κ3) is 3.53. The van der Waals surface area contributed by atoms with Crippen molar-refractivity contribution in [2.45, 2.75) is 37.8 Å². The number of ether oxygens (including phenoxy) is 1. The average Bonchev–Trinajstić information content (AvgIpc) is 2.86. The molecule has 27 heavy (non-hydrogen) atoms. The van der Waals surface area contributed by atoms with Crippen molar-refractivity contribution in [2.24, 2.45) is 4.99 Å². The third-order valence-electron chi connectivity index (χ3n) is 5.12. The van der Waals surface area contributed by atoms with Gasteiger partial charge in [0.1, 0.15) is 11.4 Å². The van der Waals surface area contributed by atoms with Gasteiger partial charge in [-0.1, -0.05) is 34.1 Å². The molecule has 2 aliphatic heterocycles. The number of hydrogen-bond acceptors (Lipinski definition) is 3. The number of aliphatic imine (C=N–C) groups is 1. The second kappa shape index (κ2) is 7.00. The summed E-state index contributed by atoms with van der Waals surface area (Å²) in [5, 5.41) is 4.13. The van der Waals surface area contributed by atoms with Gasteiger partial charge in [0.25, 0.3) is 0 Å². The maximum atomic E-state index is 6.03. The molecule has 0 unspecified atom stereocenters. The molecular weight excluding hydrogens is 422 g/mol. The first kappa shape index (κ1) is 18.6. The van der Waals surface area contributed by atoms with Gasteiger partial charge in [-0.2, -0.15) is 0 Å². The fraction of sp³-hybridized carbons (Fsp3) is 0.333. The second-order valence-electron chi connectivity index (χ2n) is 7.61. The van der Waals surface area contributed by atoms with Crippen molar-refractivity contribution in [1.29, 1.82) is 0 Å². The van der Waals surface area contributed by atoms with Gasteiger partial charge in [-0.3, -0.25) is 0 Å². The predicted octanol–water partition coefficient (Wildman–Crippen LogP) is 5.39. The van der Waals surface area contributed by atoms with Crippen LogP contribution in [0.3, 0.4) is 0 Å². The number of nitrogens with one attached hydrogen (secondary N) is 1. The van der Waals surface area contributed by atoms with Gasteiger partial charge in [-0.05, 0) is 62.5 Å². The monoisotopic (exact) mass is 443 g/mol. The lowest BCUT2D eigenvalue weighted by Crippen LogP contribution is -2.60.